The molecule has 0 atom stereocenters. The van der Waals surface area contributed by atoms with Gasteiger partial charge in [-0.1, -0.05) is 49.1 Å². The van der Waals surface area contributed by atoms with Crippen LogP contribution in [0, 0.1) is 6.92 Å². The van der Waals surface area contributed by atoms with Crippen molar-refractivity contribution in [1.82, 2.24) is 0 Å². The average Bonchev–Trinajstić information content (AvgIpc) is 2.38. The van der Waals surface area contributed by atoms with Crippen LogP contribution in [-0.4, -0.2) is 11.1 Å². The summed E-state index contributed by atoms with van der Waals surface area (Å²) in [5, 5.41) is 8.98. The van der Waals surface area contributed by atoms with E-state index in [0.717, 1.165) is 22.3 Å². The molecule has 0 saturated heterocycles. The van der Waals surface area contributed by atoms with Gasteiger partial charge in [-0.2, -0.15) is 0 Å². The van der Waals surface area contributed by atoms with Gasteiger partial charge in [0.15, 0.2) is 0 Å². The Bertz CT molecular complexity index is 595. The lowest BCUT2D eigenvalue weighted by Crippen LogP contribution is -1.99. The first kappa shape index (κ1) is 12.1. The molecule has 1 N–H and O–H groups in total. The van der Waals surface area contributed by atoms with Crippen LogP contribution < -0.4 is 0 Å². The molecule has 2 nitrogen and oxygen atoms in total. The van der Waals surface area contributed by atoms with Crippen LogP contribution in [0.3, 0.4) is 0 Å². The van der Waals surface area contributed by atoms with E-state index in [-0.39, 0.29) is 0 Å². The minimum Gasteiger partial charge on any atom is -0.478 e. The smallest absolute Gasteiger partial charge is 0.335 e. The highest BCUT2D eigenvalue weighted by Gasteiger charge is 2.07. The molecule has 0 aliphatic heterocycles. The zero-order valence-corrected chi connectivity index (χ0v) is 10.2. The highest BCUT2D eigenvalue weighted by Crippen LogP contribution is 2.23. The van der Waals surface area contributed by atoms with Crippen molar-refractivity contribution >= 4 is 12.0 Å². The predicted molar refractivity (Wildman–Crippen MR) is 73.7 cm³/mol. The topological polar surface area (TPSA) is 37.3 Å². The first-order valence-electron chi connectivity index (χ1n) is 5.68. The second kappa shape index (κ2) is 4.88. The summed E-state index contributed by atoms with van der Waals surface area (Å²) < 4.78 is 0. The summed E-state index contributed by atoms with van der Waals surface area (Å²) in [5.41, 5.74) is 4.28. The van der Waals surface area contributed by atoms with Gasteiger partial charge in [0.2, 0.25) is 0 Å². The molecule has 2 heteroatoms. The third-order valence-electron chi connectivity index (χ3n) is 2.94. The molecule has 0 unspecified atom stereocenters. The Morgan fingerprint density at radius 2 is 1.72 bits per heavy atom. The highest BCUT2D eigenvalue weighted by molar-refractivity contribution is 5.90. The van der Waals surface area contributed by atoms with E-state index in [0.29, 0.717) is 5.56 Å². The second-order valence-corrected chi connectivity index (χ2v) is 4.16. The van der Waals surface area contributed by atoms with Crippen LogP contribution in [0.25, 0.3) is 17.2 Å². The number of hydrogen-bond acceptors (Lipinski definition) is 1. The number of rotatable bonds is 3. The Morgan fingerprint density at radius 3 is 2.22 bits per heavy atom. The lowest BCUT2D eigenvalue weighted by Gasteiger charge is -2.06. The summed E-state index contributed by atoms with van der Waals surface area (Å²) >= 11 is 0. The van der Waals surface area contributed by atoms with Crippen LogP contribution in [0.4, 0.5) is 0 Å². The molecule has 0 radical (unpaired) electrons. The fraction of sp³-hybridized carbons (Fsp3) is 0.0625. The summed E-state index contributed by atoms with van der Waals surface area (Å²) in [6.07, 6.45) is 1.79. The van der Waals surface area contributed by atoms with Crippen LogP contribution >= 0.6 is 0 Å². The van der Waals surface area contributed by atoms with Crippen molar-refractivity contribution in [3.05, 3.63) is 65.7 Å². The molecule has 0 aliphatic carbocycles. The van der Waals surface area contributed by atoms with Gasteiger partial charge in [0.25, 0.3) is 0 Å². The molecule has 0 aromatic heterocycles. The largest absolute Gasteiger partial charge is 0.478 e. The van der Waals surface area contributed by atoms with Crippen molar-refractivity contribution in [3.8, 4) is 11.1 Å². The van der Waals surface area contributed by atoms with E-state index in [4.69, 9.17) is 5.11 Å². The summed E-state index contributed by atoms with van der Waals surface area (Å²) in [6.45, 7) is 5.52. The summed E-state index contributed by atoms with van der Waals surface area (Å²) in [5.74, 6) is -0.888. The molecule has 90 valence electrons. The normalized spacial score (nSPS) is 10.1. The number of aromatic carboxylic acids is 1. The van der Waals surface area contributed by atoms with Gasteiger partial charge < -0.3 is 5.11 Å². The maximum Gasteiger partial charge on any atom is 0.335 e. The molecule has 2 aromatic carbocycles. The van der Waals surface area contributed by atoms with Crippen molar-refractivity contribution in [3.63, 3.8) is 0 Å². The van der Waals surface area contributed by atoms with Crippen molar-refractivity contribution in [2.24, 2.45) is 0 Å². The van der Waals surface area contributed by atoms with Crippen molar-refractivity contribution in [2.75, 3.05) is 0 Å². The predicted octanol–water partition coefficient (Wildman–Crippen LogP) is 4.00. The number of aryl methyl sites for hydroxylation is 1. The van der Waals surface area contributed by atoms with Gasteiger partial charge in [0.05, 0.1) is 5.56 Å². The molecule has 0 heterocycles. The lowest BCUT2D eigenvalue weighted by atomic mass is 9.99. The lowest BCUT2D eigenvalue weighted by molar-refractivity contribution is 0.0696. The molecule has 18 heavy (non-hydrogen) atoms. The van der Waals surface area contributed by atoms with Crippen molar-refractivity contribution in [2.45, 2.75) is 6.92 Å². The Hall–Kier alpha value is -2.35. The van der Waals surface area contributed by atoms with Gasteiger partial charge in [-0.15, -0.1) is 0 Å². The molecule has 2 rings (SSSR count). The van der Waals surface area contributed by atoms with Crippen molar-refractivity contribution in [1.29, 1.82) is 0 Å². The number of carboxylic acids is 1. The summed E-state index contributed by atoms with van der Waals surface area (Å²) in [4.78, 5) is 10.9. The van der Waals surface area contributed by atoms with Gasteiger partial charge in [0, 0.05) is 0 Å². The number of hydrogen-bond donors (Lipinski definition) is 1. The molecular formula is C16H14O2. The first-order valence-corrected chi connectivity index (χ1v) is 5.68. The number of carbonyl (C=O) groups is 1. The molecule has 0 spiro atoms. The Morgan fingerprint density at radius 1 is 1.11 bits per heavy atom. The third kappa shape index (κ3) is 2.33. The van der Waals surface area contributed by atoms with E-state index in [1.165, 1.54) is 0 Å². The van der Waals surface area contributed by atoms with E-state index in [2.05, 4.69) is 6.58 Å². The second-order valence-electron chi connectivity index (χ2n) is 4.16. The van der Waals surface area contributed by atoms with Gasteiger partial charge in [-0.25, -0.2) is 4.79 Å². The molecule has 2 aromatic rings. The highest BCUT2D eigenvalue weighted by atomic mass is 16.4. The summed E-state index contributed by atoms with van der Waals surface area (Å²) in [6, 6.07) is 13.4. The van der Waals surface area contributed by atoms with Crippen LogP contribution in [0.2, 0.25) is 0 Å². The Labute approximate surface area is 106 Å². The molecule has 0 aliphatic rings. The zero-order valence-electron chi connectivity index (χ0n) is 10.2. The molecule has 0 amide bonds. The quantitative estimate of drug-likeness (QED) is 0.877. The van der Waals surface area contributed by atoms with Crippen LogP contribution in [0.1, 0.15) is 21.5 Å². The van der Waals surface area contributed by atoms with E-state index < -0.39 is 5.97 Å². The fourth-order valence-corrected chi connectivity index (χ4v) is 1.89. The molecule has 0 saturated carbocycles. The molecule has 0 bridgehead atoms. The Balaban J connectivity index is 2.41. The third-order valence-corrected chi connectivity index (χ3v) is 2.94. The minimum atomic E-state index is -0.888. The standard InChI is InChI=1S/C16H14O2/c1-3-12-4-6-13(7-5-12)14-8-9-15(16(17)18)11(2)10-14/h3-10H,1H2,2H3,(H,17,18). The first-order chi connectivity index (χ1) is 8.61. The van der Waals surface area contributed by atoms with E-state index in [1.54, 1.807) is 12.1 Å². The Kier molecular flexibility index (Phi) is 3.28. The van der Waals surface area contributed by atoms with E-state index in [9.17, 15) is 4.79 Å². The average molecular weight is 238 g/mol. The van der Waals surface area contributed by atoms with E-state index >= 15 is 0 Å². The van der Waals surface area contributed by atoms with Crippen molar-refractivity contribution < 1.29 is 9.90 Å². The van der Waals surface area contributed by atoms with Gasteiger partial charge in [-0.3, -0.25) is 0 Å². The number of benzene rings is 2. The summed E-state index contributed by atoms with van der Waals surface area (Å²) in [7, 11) is 0. The van der Waals surface area contributed by atoms with Crippen LogP contribution in [0.15, 0.2) is 49.0 Å². The zero-order chi connectivity index (χ0) is 13.1. The van der Waals surface area contributed by atoms with Gasteiger partial charge >= 0.3 is 5.97 Å². The maximum atomic E-state index is 10.9. The van der Waals surface area contributed by atoms with Crippen LogP contribution in [0.5, 0.6) is 0 Å². The van der Waals surface area contributed by atoms with Gasteiger partial charge in [0.1, 0.15) is 0 Å². The SMILES string of the molecule is C=Cc1ccc(-c2ccc(C(=O)O)c(C)c2)cc1. The van der Waals surface area contributed by atoms with E-state index in [1.807, 2.05) is 43.3 Å². The fourth-order valence-electron chi connectivity index (χ4n) is 1.89. The molecular weight excluding hydrogens is 224 g/mol. The monoisotopic (exact) mass is 238 g/mol. The van der Waals surface area contributed by atoms with Gasteiger partial charge in [-0.05, 0) is 35.2 Å². The number of carboxylic acid groups (broad SMARTS) is 1. The minimum absolute atomic E-state index is 0.349. The molecule has 0 fully saturated rings. The van der Waals surface area contributed by atoms with Crippen LogP contribution in [-0.2, 0) is 0 Å². The maximum absolute atomic E-state index is 10.9.